The van der Waals surface area contributed by atoms with Gasteiger partial charge in [-0.05, 0) is 19.3 Å². The highest BCUT2D eigenvalue weighted by Gasteiger charge is 2.10. The van der Waals surface area contributed by atoms with E-state index in [1.54, 1.807) is 6.92 Å². The smallest absolute Gasteiger partial charge is 0.364 e. The number of primary amides is 1. The van der Waals surface area contributed by atoms with Gasteiger partial charge in [0.15, 0.2) is 0 Å². The number of nitrogens with two attached hydrogens (primary N) is 1. The van der Waals surface area contributed by atoms with E-state index >= 15 is 0 Å². The third kappa shape index (κ3) is 4.46. The van der Waals surface area contributed by atoms with Gasteiger partial charge in [0.25, 0.3) is 0 Å². The Hall–Kier alpha value is -1.41. The van der Waals surface area contributed by atoms with Crippen LogP contribution in [0.5, 0.6) is 0 Å². The van der Waals surface area contributed by atoms with Crippen LogP contribution in [0.1, 0.15) is 31.9 Å². The van der Waals surface area contributed by atoms with Crippen LogP contribution in [0, 0.1) is 5.92 Å². The lowest BCUT2D eigenvalue weighted by atomic mass is 10.0. The van der Waals surface area contributed by atoms with Gasteiger partial charge < -0.3 is 5.73 Å². The van der Waals surface area contributed by atoms with Crippen LogP contribution in [0.2, 0.25) is 0 Å². The summed E-state index contributed by atoms with van der Waals surface area (Å²) in [4.78, 5) is 14.7. The fourth-order valence-corrected chi connectivity index (χ4v) is 1.92. The topological polar surface area (TPSA) is 115 Å². The molecule has 1 heterocycles. The fraction of sp³-hybridized carbons (Fsp3) is 0.600. The third-order valence-corrected chi connectivity index (χ3v) is 3.42. The molecule has 1 unspecified atom stereocenters. The third-order valence-electron chi connectivity index (χ3n) is 2.69. The van der Waals surface area contributed by atoms with E-state index in [1.807, 2.05) is 0 Å². The Balaban J connectivity index is 2.37. The normalized spacial score (nSPS) is 13.4. The van der Waals surface area contributed by atoms with Gasteiger partial charge in [0.2, 0.25) is 5.91 Å². The number of imidazole rings is 1. The maximum atomic E-state index is 10.8. The zero-order valence-electron chi connectivity index (χ0n) is 10.1. The van der Waals surface area contributed by atoms with Crippen LogP contribution in [-0.2, 0) is 21.5 Å². The lowest BCUT2D eigenvalue weighted by Crippen LogP contribution is -2.20. The Kier molecular flexibility index (Phi) is 4.85. The molecule has 0 aromatic carbocycles. The molecule has 1 aromatic rings. The second kappa shape index (κ2) is 5.96. The number of amides is 1. The van der Waals surface area contributed by atoms with Crippen molar-refractivity contribution < 1.29 is 17.8 Å². The van der Waals surface area contributed by atoms with Gasteiger partial charge in [-0.1, -0.05) is 13.3 Å². The predicted molar refractivity (Wildman–Crippen MR) is 65.1 cm³/mol. The summed E-state index contributed by atoms with van der Waals surface area (Å²) >= 11 is 0. The Bertz CT molecular complexity index is 509. The standard InChI is InChI=1S/C10H17N3O4S/c1-8(10(11)14)4-2-3-5-9-6-13(7-12-9)18(15,16)17/h6-8H,2-5H2,1H3,(H2,11,14)(H,15,16,17). The van der Waals surface area contributed by atoms with E-state index < -0.39 is 10.3 Å². The average Bonchev–Trinajstić information content (AvgIpc) is 2.72. The summed E-state index contributed by atoms with van der Waals surface area (Å²) in [5.74, 6) is -0.467. The summed E-state index contributed by atoms with van der Waals surface area (Å²) in [6.45, 7) is 1.77. The van der Waals surface area contributed by atoms with Gasteiger partial charge in [0.1, 0.15) is 6.33 Å². The second-order valence-corrected chi connectivity index (χ2v) is 5.54. The van der Waals surface area contributed by atoms with Crippen molar-refractivity contribution in [2.24, 2.45) is 11.7 Å². The molecule has 18 heavy (non-hydrogen) atoms. The molecule has 0 radical (unpaired) electrons. The van der Waals surface area contributed by atoms with E-state index in [1.165, 1.54) is 6.20 Å². The van der Waals surface area contributed by atoms with Gasteiger partial charge in [-0.15, -0.1) is 0 Å². The number of carbonyl (C=O) groups excluding carboxylic acids is 1. The van der Waals surface area contributed by atoms with Crippen LogP contribution in [0.3, 0.4) is 0 Å². The summed E-state index contributed by atoms with van der Waals surface area (Å²) in [6.07, 6.45) is 5.20. The van der Waals surface area contributed by atoms with Gasteiger partial charge in [0.05, 0.1) is 5.69 Å². The van der Waals surface area contributed by atoms with Crippen LogP contribution in [-0.4, -0.2) is 27.8 Å². The number of hydrogen-bond donors (Lipinski definition) is 2. The lowest BCUT2D eigenvalue weighted by molar-refractivity contribution is -0.121. The Labute approximate surface area is 106 Å². The Morgan fingerprint density at radius 1 is 1.56 bits per heavy atom. The number of rotatable bonds is 7. The van der Waals surface area contributed by atoms with Crippen molar-refractivity contribution in [3.63, 3.8) is 0 Å². The van der Waals surface area contributed by atoms with Crippen molar-refractivity contribution in [1.82, 2.24) is 8.96 Å². The zero-order chi connectivity index (χ0) is 13.8. The summed E-state index contributed by atoms with van der Waals surface area (Å²) in [5.41, 5.74) is 5.71. The van der Waals surface area contributed by atoms with Crippen LogP contribution in [0.15, 0.2) is 12.5 Å². The minimum atomic E-state index is -4.24. The lowest BCUT2D eigenvalue weighted by Gasteiger charge is -2.05. The first-order valence-corrected chi connectivity index (χ1v) is 7.00. The molecule has 0 bridgehead atoms. The van der Waals surface area contributed by atoms with Gasteiger partial charge in [0, 0.05) is 12.1 Å². The highest BCUT2D eigenvalue weighted by atomic mass is 32.2. The molecular weight excluding hydrogens is 258 g/mol. The maximum Gasteiger partial charge on any atom is 0.364 e. The first kappa shape index (κ1) is 14.7. The molecule has 7 nitrogen and oxygen atoms in total. The van der Waals surface area contributed by atoms with Crippen molar-refractivity contribution in [2.45, 2.75) is 32.6 Å². The molecule has 0 aliphatic heterocycles. The van der Waals surface area contributed by atoms with Crippen LogP contribution in [0.4, 0.5) is 0 Å². The Morgan fingerprint density at radius 2 is 2.22 bits per heavy atom. The van der Waals surface area contributed by atoms with E-state index in [9.17, 15) is 13.2 Å². The zero-order valence-corrected chi connectivity index (χ0v) is 10.9. The quantitative estimate of drug-likeness (QED) is 0.551. The minimum Gasteiger partial charge on any atom is -0.369 e. The van der Waals surface area contributed by atoms with E-state index in [-0.39, 0.29) is 11.8 Å². The molecule has 0 saturated heterocycles. The number of nitrogens with zero attached hydrogens (tertiary/aromatic N) is 2. The maximum absolute atomic E-state index is 10.8. The summed E-state index contributed by atoms with van der Waals surface area (Å²) in [5, 5.41) is 0. The molecule has 8 heteroatoms. The summed E-state index contributed by atoms with van der Waals surface area (Å²) in [7, 11) is -4.24. The van der Waals surface area contributed by atoms with Crippen molar-refractivity contribution in [3.8, 4) is 0 Å². The van der Waals surface area contributed by atoms with Gasteiger partial charge in [-0.3, -0.25) is 9.35 Å². The number of hydrogen-bond acceptors (Lipinski definition) is 4. The van der Waals surface area contributed by atoms with E-state index in [2.05, 4.69) is 4.98 Å². The van der Waals surface area contributed by atoms with Crippen LogP contribution in [0.25, 0.3) is 0 Å². The highest BCUT2D eigenvalue weighted by Crippen LogP contribution is 2.10. The van der Waals surface area contributed by atoms with Crippen LogP contribution < -0.4 is 5.73 Å². The number of carbonyl (C=O) groups is 1. The minimum absolute atomic E-state index is 0.152. The van der Waals surface area contributed by atoms with Crippen molar-refractivity contribution in [3.05, 3.63) is 18.2 Å². The first-order valence-electron chi connectivity index (χ1n) is 5.61. The molecule has 1 rings (SSSR count). The Morgan fingerprint density at radius 3 is 2.72 bits per heavy atom. The van der Waals surface area contributed by atoms with Crippen molar-refractivity contribution in [1.29, 1.82) is 0 Å². The fourth-order valence-electron chi connectivity index (χ4n) is 1.50. The SMILES string of the molecule is CC(CCCCc1cn(S(=O)(=O)O)cn1)C(N)=O. The molecule has 3 N–H and O–H groups in total. The van der Waals surface area contributed by atoms with Gasteiger partial charge in [-0.25, -0.2) is 8.96 Å². The van der Waals surface area contributed by atoms with Crippen molar-refractivity contribution in [2.75, 3.05) is 0 Å². The molecule has 0 spiro atoms. The van der Waals surface area contributed by atoms with Crippen molar-refractivity contribution >= 4 is 16.2 Å². The molecular formula is C10H17N3O4S. The van der Waals surface area contributed by atoms with E-state index in [0.29, 0.717) is 22.5 Å². The van der Waals surface area contributed by atoms with E-state index in [0.717, 1.165) is 19.2 Å². The largest absolute Gasteiger partial charge is 0.369 e. The summed E-state index contributed by atoms with van der Waals surface area (Å²) in [6, 6.07) is 0. The monoisotopic (exact) mass is 275 g/mol. The average molecular weight is 275 g/mol. The first-order chi connectivity index (χ1) is 8.30. The molecule has 0 saturated carbocycles. The van der Waals surface area contributed by atoms with Gasteiger partial charge in [-0.2, -0.15) is 8.42 Å². The molecule has 0 aliphatic rings. The molecule has 102 valence electrons. The molecule has 0 fully saturated rings. The number of aromatic nitrogens is 2. The van der Waals surface area contributed by atoms with Gasteiger partial charge >= 0.3 is 10.3 Å². The van der Waals surface area contributed by atoms with Crippen LogP contribution >= 0.6 is 0 Å². The molecule has 1 atom stereocenters. The molecule has 0 aliphatic carbocycles. The van der Waals surface area contributed by atoms with E-state index in [4.69, 9.17) is 10.3 Å². The molecule has 1 amide bonds. The summed E-state index contributed by atoms with van der Waals surface area (Å²) < 4.78 is 30.9. The molecule has 1 aromatic heterocycles. The predicted octanol–water partition coefficient (Wildman–Crippen LogP) is 0.368. The number of unbranched alkanes of at least 4 members (excludes halogenated alkanes) is 1. The number of aryl methyl sites for hydroxylation is 1. The highest BCUT2D eigenvalue weighted by molar-refractivity contribution is 7.84. The second-order valence-electron chi connectivity index (χ2n) is 4.22.